The molecular formula is C23H21NO4. The molecule has 4 aromatic rings. The summed E-state index contributed by atoms with van der Waals surface area (Å²) >= 11 is 0. The minimum atomic E-state index is -0.0470. The molecule has 0 aliphatic heterocycles. The first-order valence-electron chi connectivity index (χ1n) is 9.42. The van der Waals surface area contributed by atoms with Crippen molar-refractivity contribution in [2.24, 2.45) is 0 Å². The molecule has 0 atom stereocenters. The molecule has 0 radical (unpaired) electrons. The van der Waals surface area contributed by atoms with Gasteiger partial charge in [0.2, 0.25) is 0 Å². The minimum Gasteiger partial charge on any atom is -0.493 e. The molecule has 28 heavy (non-hydrogen) atoms. The van der Waals surface area contributed by atoms with E-state index in [0.29, 0.717) is 29.9 Å². The predicted octanol–water partition coefficient (Wildman–Crippen LogP) is 4.97. The molecule has 2 heterocycles. The zero-order chi connectivity index (χ0) is 19.2. The molecule has 0 saturated heterocycles. The predicted molar refractivity (Wildman–Crippen MR) is 109 cm³/mol. The Balaban J connectivity index is 1.21. The van der Waals surface area contributed by atoms with Crippen molar-refractivity contribution in [3.8, 4) is 11.5 Å². The summed E-state index contributed by atoms with van der Waals surface area (Å²) in [5.74, 6) is 1.53. The lowest BCUT2D eigenvalue weighted by atomic mass is 10.2. The Kier molecular flexibility index (Phi) is 5.52. The smallest absolute Gasteiger partial charge is 0.192 e. The van der Waals surface area contributed by atoms with Gasteiger partial charge >= 0.3 is 0 Å². The summed E-state index contributed by atoms with van der Waals surface area (Å²) in [5.41, 5.74) is 1.40. The zero-order valence-corrected chi connectivity index (χ0v) is 15.5. The van der Waals surface area contributed by atoms with Crippen LogP contribution in [0, 0.1) is 0 Å². The normalized spacial score (nSPS) is 11.0. The Morgan fingerprint density at radius 2 is 1.75 bits per heavy atom. The first-order chi connectivity index (χ1) is 13.8. The fraction of sp³-hybridized carbons (Fsp3) is 0.217. The Morgan fingerprint density at radius 3 is 2.68 bits per heavy atom. The lowest BCUT2D eigenvalue weighted by molar-refractivity contribution is 0.280. The minimum absolute atomic E-state index is 0.0470. The highest BCUT2D eigenvalue weighted by Gasteiger charge is 2.04. The van der Waals surface area contributed by atoms with Gasteiger partial charge in [-0.3, -0.25) is 9.78 Å². The van der Waals surface area contributed by atoms with E-state index in [-0.39, 0.29) is 5.43 Å². The summed E-state index contributed by atoms with van der Waals surface area (Å²) in [6.07, 6.45) is 6.05. The number of unbranched alkanes of at least 4 members (excludes halogenated alkanes) is 2. The Bertz CT molecular complexity index is 1130. The molecule has 0 aliphatic rings. The summed E-state index contributed by atoms with van der Waals surface area (Å²) in [6, 6.07) is 16.6. The Hall–Kier alpha value is -3.34. The molecule has 0 unspecified atom stereocenters. The lowest BCUT2D eigenvalue weighted by Gasteiger charge is -2.09. The van der Waals surface area contributed by atoms with E-state index in [2.05, 4.69) is 4.98 Å². The van der Waals surface area contributed by atoms with Gasteiger partial charge in [0.05, 0.1) is 24.9 Å². The van der Waals surface area contributed by atoms with E-state index in [1.165, 1.54) is 12.3 Å². The Labute approximate surface area is 162 Å². The van der Waals surface area contributed by atoms with Crippen LogP contribution in [0.1, 0.15) is 19.3 Å². The fourth-order valence-corrected chi connectivity index (χ4v) is 3.10. The number of hydrogen-bond acceptors (Lipinski definition) is 5. The van der Waals surface area contributed by atoms with Crippen molar-refractivity contribution in [1.82, 2.24) is 4.98 Å². The van der Waals surface area contributed by atoms with Crippen molar-refractivity contribution in [2.45, 2.75) is 19.3 Å². The molecule has 0 saturated carbocycles. The third kappa shape index (κ3) is 4.14. The summed E-state index contributed by atoms with van der Waals surface area (Å²) in [5, 5.41) is 1.65. The van der Waals surface area contributed by atoms with Gasteiger partial charge in [0.15, 0.2) is 5.43 Å². The summed E-state index contributed by atoms with van der Waals surface area (Å²) in [6.45, 7) is 1.26. The molecule has 0 spiro atoms. The van der Waals surface area contributed by atoms with E-state index in [1.54, 1.807) is 24.4 Å². The van der Waals surface area contributed by atoms with Crippen molar-refractivity contribution in [2.75, 3.05) is 13.2 Å². The summed E-state index contributed by atoms with van der Waals surface area (Å²) < 4.78 is 17.0. The van der Waals surface area contributed by atoms with E-state index in [0.717, 1.165) is 35.9 Å². The number of ether oxygens (including phenoxy) is 2. The van der Waals surface area contributed by atoms with E-state index in [4.69, 9.17) is 13.9 Å². The summed E-state index contributed by atoms with van der Waals surface area (Å²) in [7, 11) is 0. The van der Waals surface area contributed by atoms with Gasteiger partial charge in [-0.05, 0) is 43.5 Å². The standard InChI is InChI=1S/C23H21NO4/c25-20-11-15-28-22-16-18(9-10-19(20)22)26-13-2-1-3-14-27-21-8-4-6-17-7-5-12-24-23(17)21/h4-12,15-16H,1-3,13-14H2. The van der Waals surface area contributed by atoms with Crippen LogP contribution in [0.25, 0.3) is 21.9 Å². The topological polar surface area (TPSA) is 61.6 Å². The SMILES string of the molecule is O=c1ccoc2cc(OCCCCCOc3cccc4cccnc34)ccc12. The molecule has 0 N–H and O–H groups in total. The molecule has 0 aliphatic carbocycles. The zero-order valence-electron chi connectivity index (χ0n) is 15.5. The van der Waals surface area contributed by atoms with Crippen LogP contribution in [0.5, 0.6) is 11.5 Å². The monoisotopic (exact) mass is 375 g/mol. The van der Waals surface area contributed by atoms with Crippen LogP contribution in [-0.4, -0.2) is 18.2 Å². The van der Waals surface area contributed by atoms with E-state index >= 15 is 0 Å². The maximum Gasteiger partial charge on any atom is 0.192 e. The lowest BCUT2D eigenvalue weighted by Crippen LogP contribution is -2.02. The molecule has 2 aromatic carbocycles. The second-order valence-electron chi connectivity index (χ2n) is 6.53. The van der Waals surface area contributed by atoms with Crippen LogP contribution in [0.2, 0.25) is 0 Å². The first-order valence-corrected chi connectivity index (χ1v) is 9.42. The molecule has 0 bridgehead atoms. The van der Waals surface area contributed by atoms with Gasteiger partial charge in [-0.1, -0.05) is 18.2 Å². The van der Waals surface area contributed by atoms with E-state index < -0.39 is 0 Å². The van der Waals surface area contributed by atoms with Gasteiger partial charge in [-0.2, -0.15) is 0 Å². The molecular weight excluding hydrogens is 354 g/mol. The number of rotatable bonds is 8. The van der Waals surface area contributed by atoms with Crippen molar-refractivity contribution in [3.63, 3.8) is 0 Å². The van der Waals surface area contributed by atoms with Gasteiger partial charge < -0.3 is 13.9 Å². The molecule has 5 heteroatoms. The average molecular weight is 375 g/mol. The highest BCUT2D eigenvalue weighted by Crippen LogP contribution is 2.23. The highest BCUT2D eigenvalue weighted by atomic mass is 16.5. The average Bonchev–Trinajstić information content (AvgIpc) is 2.73. The maximum atomic E-state index is 11.7. The number of hydrogen-bond donors (Lipinski definition) is 0. The third-order valence-corrected chi connectivity index (χ3v) is 4.54. The molecule has 0 amide bonds. The van der Waals surface area contributed by atoms with Gasteiger partial charge in [0.1, 0.15) is 22.6 Å². The van der Waals surface area contributed by atoms with Gasteiger partial charge in [-0.15, -0.1) is 0 Å². The largest absolute Gasteiger partial charge is 0.493 e. The van der Waals surface area contributed by atoms with Crippen molar-refractivity contribution in [3.05, 3.63) is 77.3 Å². The Morgan fingerprint density at radius 1 is 0.893 bits per heavy atom. The number of nitrogens with zero attached hydrogens (tertiary/aromatic N) is 1. The molecule has 142 valence electrons. The summed E-state index contributed by atoms with van der Waals surface area (Å²) in [4.78, 5) is 16.1. The second kappa shape index (κ2) is 8.57. The molecule has 4 rings (SSSR count). The van der Waals surface area contributed by atoms with Gasteiger partial charge in [0.25, 0.3) is 0 Å². The highest BCUT2D eigenvalue weighted by molar-refractivity contribution is 5.84. The van der Waals surface area contributed by atoms with Crippen LogP contribution in [0.3, 0.4) is 0 Å². The molecule has 0 fully saturated rings. The first kappa shape index (κ1) is 18.0. The quantitative estimate of drug-likeness (QED) is 0.407. The molecule has 2 aromatic heterocycles. The number of benzene rings is 2. The third-order valence-electron chi connectivity index (χ3n) is 4.54. The second-order valence-corrected chi connectivity index (χ2v) is 6.53. The fourth-order valence-electron chi connectivity index (χ4n) is 3.10. The number of para-hydroxylation sites is 1. The van der Waals surface area contributed by atoms with Crippen molar-refractivity contribution < 1.29 is 13.9 Å². The van der Waals surface area contributed by atoms with E-state index in [9.17, 15) is 4.79 Å². The maximum absolute atomic E-state index is 11.7. The van der Waals surface area contributed by atoms with Crippen molar-refractivity contribution in [1.29, 1.82) is 0 Å². The van der Waals surface area contributed by atoms with Crippen LogP contribution >= 0.6 is 0 Å². The van der Waals surface area contributed by atoms with Crippen LogP contribution in [0.15, 0.2) is 76.3 Å². The van der Waals surface area contributed by atoms with Crippen LogP contribution < -0.4 is 14.9 Å². The molecule has 5 nitrogen and oxygen atoms in total. The number of aromatic nitrogens is 1. The van der Waals surface area contributed by atoms with Crippen molar-refractivity contribution >= 4 is 21.9 Å². The van der Waals surface area contributed by atoms with Crippen LogP contribution in [-0.2, 0) is 0 Å². The number of pyridine rings is 1. The number of fused-ring (bicyclic) bond motifs is 2. The van der Waals surface area contributed by atoms with Gasteiger partial charge in [0, 0.05) is 23.7 Å². The van der Waals surface area contributed by atoms with Crippen LogP contribution in [0.4, 0.5) is 0 Å². The van der Waals surface area contributed by atoms with Gasteiger partial charge in [-0.25, -0.2) is 0 Å². The van der Waals surface area contributed by atoms with E-state index in [1.807, 2.05) is 30.3 Å².